The van der Waals surface area contributed by atoms with E-state index in [-0.39, 0.29) is 11.8 Å². The summed E-state index contributed by atoms with van der Waals surface area (Å²) < 4.78 is 0. The molecule has 0 amide bonds. The van der Waals surface area contributed by atoms with Gasteiger partial charge in [-0.05, 0) is 25.0 Å². The fourth-order valence-corrected chi connectivity index (χ4v) is 1.76. The summed E-state index contributed by atoms with van der Waals surface area (Å²) in [5, 5.41) is 0. The maximum atomic E-state index is 12.0. The number of aromatic nitrogens is 1. The van der Waals surface area contributed by atoms with Crippen molar-refractivity contribution in [3.63, 3.8) is 0 Å². The molecule has 4 N–H and O–H groups in total. The molecule has 88 valence electrons. The molecule has 1 unspecified atom stereocenters. The average Bonchev–Trinajstić information content (AvgIpc) is 2.17. The van der Waals surface area contributed by atoms with E-state index in [0.717, 1.165) is 18.4 Å². The van der Waals surface area contributed by atoms with Gasteiger partial charge in [-0.1, -0.05) is 13.3 Å². The Morgan fingerprint density at radius 3 is 2.81 bits per heavy atom. The minimum Gasteiger partial charge on any atom is -0.383 e. The van der Waals surface area contributed by atoms with Gasteiger partial charge in [-0.3, -0.25) is 4.79 Å². The summed E-state index contributed by atoms with van der Waals surface area (Å²) >= 11 is 0. The molecule has 1 atom stereocenters. The van der Waals surface area contributed by atoms with Gasteiger partial charge < -0.3 is 11.5 Å². The number of ketones is 1. The predicted molar refractivity (Wildman–Crippen MR) is 65.2 cm³/mol. The number of nitrogens with two attached hydrogens (primary N) is 2. The lowest BCUT2D eigenvalue weighted by atomic mass is 9.99. The lowest BCUT2D eigenvalue weighted by molar-refractivity contribution is 0.0973. The molecule has 0 aromatic carbocycles. The maximum Gasteiger partial charge on any atom is 0.168 e. The second kappa shape index (κ2) is 5.61. The molecule has 4 nitrogen and oxygen atoms in total. The third-order valence-corrected chi connectivity index (χ3v) is 2.57. The first-order chi connectivity index (χ1) is 7.56. The van der Waals surface area contributed by atoms with Crippen LogP contribution in [0.25, 0.3) is 0 Å². The Labute approximate surface area is 96.0 Å². The monoisotopic (exact) mass is 221 g/mol. The Morgan fingerprint density at radius 2 is 2.25 bits per heavy atom. The molecule has 0 bridgehead atoms. The summed E-state index contributed by atoms with van der Waals surface area (Å²) in [4.78, 5) is 15.9. The van der Waals surface area contributed by atoms with Gasteiger partial charge in [0, 0.05) is 18.7 Å². The lowest BCUT2D eigenvalue weighted by Crippen LogP contribution is -2.24. The van der Waals surface area contributed by atoms with Crippen molar-refractivity contribution >= 4 is 11.6 Å². The van der Waals surface area contributed by atoms with Crippen LogP contribution < -0.4 is 11.5 Å². The molecule has 1 rings (SSSR count). The highest BCUT2D eigenvalue weighted by Gasteiger charge is 2.16. The van der Waals surface area contributed by atoms with Gasteiger partial charge in [0.1, 0.15) is 5.82 Å². The second-order valence-corrected chi connectivity index (χ2v) is 4.06. The zero-order valence-corrected chi connectivity index (χ0v) is 9.86. The molecule has 0 aliphatic rings. The molecule has 1 aromatic rings. The van der Waals surface area contributed by atoms with Crippen LogP contribution in [-0.2, 0) is 0 Å². The average molecular weight is 221 g/mol. The standard InChI is InChI=1S/C12H19N3O/c1-3-4-9(13)7-10(16)11-8(2)5-6-15-12(11)14/h5-6,9H,3-4,7,13H2,1-2H3,(H2,14,15). The summed E-state index contributed by atoms with van der Waals surface area (Å²) in [5.74, 6) is 0.290. The van der Waals surface area contributed by atoms with Crippen molar-refractivity contribution in [2.45, 2.75) is 39.2 Å². The van der Waals surface area contributed by atoms with E-state index in [0.29, 0.717) is 17.8 Å². The fraction of sp³-hybridized carbons (Fsp3) is 0.500. The summed E-state index contributed by atoms with van der Waals surface area (Å²) in [5.41, 5.74) is 12.9. The number of nitrogen functional groups attached to an aromatic ring is 1. The van der Waals surface area contributed by atoms with Gasteiger partial charge >= 0.3 is 0 Å². The minimum atomic E-state index is -0.0866. The van der Waals surface area contributed by atoms with Crippen LogP contribution in [0.3, 0.4) is 0 Å². The highest BCUT2D eigenvalue weighted by Crippen LogP contribution is 2.16. The second-order valence-electron chi connectivity index (χ2n) is 4.06. The van der Waals surface area contributed by atoms with Gasteiger partial charge in [0.25, 0.3) is 0 Å². The van der Waals surface area contributed by atoms with E-state index in [2.05, 4.69) is 4.98 Å². The molecular formula is C12H19N3O. The van der Waals surface area contributed by atoms with Crippen molar-refractivity contribution in [1.82, 2.24) is 4.98 Å². The molecule has 0 aliphatic heterocycles. The van der Waals surface area contributed by atoms with Crippen LogP contribution in [0.4, 0.5) is 5.82 Å². The number of carbonyl (C=O) groups excluding carboxylic acids is 1. The number of aryl methyl sites for hydroxylation is 1. The third kappa shape index (κ3) is 3.03. The smallest absolute Gasteiger partial charge is 0.168 e. The summed E-state index contributed by atoms with van der Waals surface area (Å²) in [6.07, 6.45) is 3.78. The first-order valence-electron chi connectivity index (χ1n) is 5.56. The van der Waals surface area contributed by atoms with E-state index in [1.54, 1.807) is 12.3 Å². The van der Waals surface area contributed by atoms with Gasteiger partial charge in [0.2, 0.25) is 0 Å². The normalized spacial score (nSPS) is 12.4. The summed E-state index contributed by atoms with van der Waals surface area (Å²) in [6.45, 7) is 3.91. The predicted octanol–water partition coefficient (Wildman–Crippen LogP) is 1.67. The highest BCUT2D eigenvalue weighted by atomic mass is 16.1. The van der Waals surface area contributed by atoms with Gasteiger partial charge in [0.15, 0.2) is 5.78 Å². The first-order valence-corrected chi connectivity index (χ1v) is 5.56. The SMILES string of the molecule is CCCC(N)CC(=O)c1c(C)ccnc1N. The topological polar surface area (TPSA) is 82.0 Å². The van der Waals surface area contributed by atoms with E-state index in [1.165, 1.54) is 0 Å². The molecule has 4 heteroatoms. The molecule has 0 spiro atoms. The number of hydrogen-bond acceptors (Lipinski definition) is 4. The number of carbonyl (C=O) groups is 1. The van der Waals surface area contributed by atoms with Crippen LogP contribution in [0.15, 0.2) is 12.3 Å². The molecule has 1 aromatic heterocycles. The van der Waals surface area contributed by atoms with Crippen LogP contribution >= 0.6 is 0 Å². The number of Topliss-reactive ketones (excluding diaryl/α,β-unsaturated/α-hetero) is 1. The molecular weight excluding hydrogens is 202 g/mol. The van der Waals surface area contributed by atoms with E-state index < -0.39 is 0 Å². The van der Waals surface area contributed by atoms with E-state index >= 15 is 0 Å². The van der Waals surface area contributed by atoms with Crippen molar-refractivity contribution in [2.75, 3.05) is 5.73 Å². The zero-order chi connectivity index (χ0) is 12.1. The van der Waals surface area contributed by atoms with E-state index in [4.69, 9.17) is 11.5 Å². The van der Waals surface area contributed by atoms with Gasteiger partial charge in [0.05, 0.1) is 5.56 Å². The van der Waals surface area contributed by atoms with Crippen LogP contribution in [0.1, 0.15) is 42.1 Å². The van der Waals surface area contributed by atoms with Crippen molar-refractivity contribution < 1.29 is 4.79 Å². The van der Waals surface area contributed by atoms with Crippen LogP contribution in [0.2, 0.25) is 0 Å². The highest BCUT2D eigenvalue weighted by molar-refractivity contribution is 6.01. The van der Waals surface area contributed by atoms with E-state index in [1.807, 2.05) is 13.8 Å². The zero-order valence-electron chi connectivity index (χ0n) is 9.86. The maximum absolute atomic E-state index is 12.0. The molecule has 0 aliphatic carbocycles. The van der Waals surface area contributed by atoms with Crippen molar-refractivity contribution in [1.29, 1.82) is 0 Å². The van der Waals surface area contributed by atoms with Crippen molar-refractivity contribution in [2.24, 2.45) is 5.73 Å². The molecule has 0 saturated heterocycles. The first kappa shape index (κ1) is 12.6. The lowest BCUT2D eigenvalue weighted by Gasteiger charge is -2.11. The molecule has 16 heavy (non-hydrogen) atoms. The van der Waals surface area contributed by atoms with Crippen molar-refractivity contribution in [3.8, 4) is 0 Å². The van der Waals surface area contributed by atoms with Gasteiger partial charge in [-0.15, -0.1) is 0 Å². The van der Waals surface area contributed by atoms with Crippen LogP contribution in [0, 0.1) is 6.92 Å². The number of rotatable bonds is 5. The van der Waals surface area contributed by atoms with Crippen molar-refractivity contribution in [3.05, 3.63) is 23.4 Å². The number of hydrogen-bond donors (Lipinski definition) is 2. The Kier molecular flexibility index (Phi) is 4.43. The number of anilines is 1. The molecule has 0 radical (unpaired) electrons. The summed E-state index contributed by atoms with van der Waals surface area (Å²) in [6, 6.07) is 1.70. The quantitative estimate of drug-likeness (QED) is 0.741. The Morgan fingerprint density at radius 1 is 1.56 bits per heavy atom. The molecule has 0 fully saturated rings. The van der Waals surface area contributed by atoms with Crippen LogP contribution in [0.5, 0.6) is 0 Å². The largest absolute Gasteiger partial charge is 0.383 e. The third-order valence-electron chi connectivity index (χ3n) is 2.57. The molecule has 1 heterocycles. The van der Waals surface area contributed by atoms with E-state index in [9.17, 15) is 4.79 Å². The summed E-state index contributed by atoms with van der Waals surface area (Å²) in [7, 11) is 0. The fourth-order valence-electron chi connectivity index (χ4n) is 1.76. The Bertz CT molecular complexity index is 356. The Hall–Kier alpha value is -1.42. The minimum absolute atomic E-state index is 0.0101. The van der Waals surface area contributed by atoms with Gasteiger partial charge in [-0.2, -0.15) is 0 Å². The molecule has 0 saturated carbocycles. The number of pyridine rings is 1. The number of nitrogens with zero attached hydrogens (tertiary/aromatic N) is 1. The van der Waals surface area contributed by atoms with Gasteiger partial charge in [-0.25, -0.2) is 4.98 Å². The Balaban J connectivity index is 2.80. The van der Waals surface area contributed by atoms with Crippen LogP contribution in [-0.4, -0.2) is 16.8 Å².